The predicted molar refractivity (Wildman–Crippen MR) is 106 cm³/mol. The molecule has 0 radical (unpaired) electrons. The zero-order chi connectivity index (χ0) is 18.7. The molecule has 2 aromatic carbocycles. The van der Waals surface area contributed by atoms with E-state index in [1.165, 1.54) is 24.8 Å². The second-order valence-electron chi connectivity index (χ2n) is 6.28. The summed E-state index contributed by atoms with van der Waals surface area (Å²) >= 11 is 0. The molecule has 1 atom stereocenters. The van der Waals surface area contributed by atoms with Gasteiger partial charge in [0.15, 0.2) is 0 Å². The maximum absolute atomic E-state index is 12.7. The predicted octanol–water partition coefficient (Wildman–Crippen LogP) is 2.37. The number of hydrogen-bond acceptors (Lipinski definition) is 5. The Morgan fingerprint density at radius 2 is 2.00 bits per heavy atom. The summed E-state index contributed by atoms with van der Waals surface area (Å²) in [6.45, 7) is 2.78. The number of rotatable bonds is 5. The first-order valence-electron chi connectivity index (χ1n) is 8.42. The molecule has 3 rings (SSSR count). The van der Waals surface area contributed by atoms with Gasteiger partial charge in [-0.2, -0.15) is 0 Å². The van der Waals surface area contributed by atoms with Crippen molar-refractivity contribution in [2.45, 2.75) is 24.3 Å². The van der Waals surface area contributed by atoms with Gasteiger partial charge < -0.3 is 10.1 Å². The molecule has 8 heteroatoms. The lowest BCUT2D eigenvalue weighted by Gasteiger charge is -2.27. The van der Waals surface area contributed by atoms with Gasteiger partial charge in [-0.1, -0.05) is 30.3 Å². The zero-order valence-corrected chi connectivity index (χ0v) is 16.8. The Balaban J connectivity index is 0.00000261. The molecule has 0 fully saturated rings. The van der Waals surface area contributed by atoms with Gasteiger partial charge in [-0.25, -0.2) is 17.9 Å². The van der Waals surface area contributed by atoms with Crippen molar-refractivity contribution in [3.05, 3.63) is 64.7 Å². The van der Waals surface area contributed by atoms with Gasteiger partial charge in [0.2, 0.25) is 10.0 Å². The second-order valence-corrected chi connectivity index (χ2v) is 8.04. The second kappa shape index (κ2) is 8.84. The Hall–Kier alpha value is -1.93. The summed E-state index contributed by atoms with van der Waals surface area (Å²) in [5.41, 5.74) is 3.26. The van der Waals surface area contributed by atoms with Gasteiger partial charge in [0, 0.05) is 12.6 Å². The molecule has 1 unspecified atom stereocenters. The average Bonchev–Trinajstić information content (AvgIpc) is 2.66. The van der Waals surface area contributed by atoms with Crippen LogP contribution < -0.4 is 10.0 Å². The number of methoxy groups -OCH3 is 1. The molecule has 0 spiro atoms. The van der Waals surface area contributed by atoms with Crippen LogP contribution in [-0.4, -0.2) is 34.6 Å². The van der Waals surface area contributed by atoms with E-state index < -0.39 is 16.0 Å². The van der Waals surface area contributed by atoms with Gasteiger partial charge in [-0.15, -0.1) is 12.4 Å². The fraction of sp³-hybridized carbons (Fsp3) is 0.316. The van der Waals surface area contributed by atoms with Crippen molar-refractivity contribution < 1.29 is 17.9 Å². The van der Waals surface area contributed by atoms with Crippen LogP contribution >= 0.6 is 12.4 Å². The summed E-state index contributed by atoms with van der Waals surface area (Å²) in [6.07, 6.45) is 0.930. The SMILES string of the molecule is COC(=O)c1cc(S(=O)(=O)NCC2NCCc3ccccc32)ccc1C.Cl. The highest BCUT2D eigenvalue weighted by atomic mass is 35.5. The van der Waals surface area contributed by atoms with Crippen LogP contribution in [0.5, 0.6) is 0 Å². The van der Waals surface area contributed by atoms with E-state index in [9.17, 15) is 13.2 Å². The fourth-order valence-electron chi connectivity index (χ4n) is 3.15. The van der Waals surface area contributed by atoms with Crippen molar-refractivity contribution in [3.63, 3.8) is 0 Å². The Bertz CT molecular complexity index is 931. The number of halogens is 1. The third-order valence-corrected chi connectivity index (χ3v) is 6.04. The van der Waals surface area contributed by atoms with Crippen LogP contribution in [0.15, 0.2) is 47.4 Å². The minimum atomic E-state index is -3.74. The summed E-state index contributed by atoms with van der Waals surface area (Å²) in [7, 11) is -2.47. The van der Waals surface area contributed by atoms with E-state index in [4.69, 9.17) is 4.74 Å². The largest absolute Gasteiger partial charge is 0.465 e. The first-order chi connectivity index (χ1) is 12.4. The van der Waals surface area contributed by atoms with E-state index in [0.717, 1.165) is 18.5 Å². The van der Waals surface area contributed by atoms with Crippen LogP contribution in [-0.2, 0) is 21.2 Å². The van der Waals surface area contributed by atoms with Crippen LogP contribution in [0.25, 0.3) is 0 Å². The van der Waals surface area contributed by atoms with E-state index in [1.54, 1.807) is 13.0 Å². The van der Waals surface area contributed by atoms with E-state index in [1.807, 2.05) is 18.2 Å². The van der Waals surface area contributed by atoms with Crippen LogP contribution in [0.4, 0.5) is 0 Å². The molecular weight excluding hydrogens is 388 g/mol. The zero-order valence-electron chi connectivity index (χ0n) is 15.2. The fourth-order valence-corrected chi connectivity index (χ4v) is 4.22. The maximum atomic E-state index is 12.7. The summed E-state index contributed by atoms with van der Waals surface area (Å²) in [5, 5.41) is 3.35. The highest BCUT2D eigenvalue weighted by Crippen LogP contribution is 2.23. The molecule has 27 heavy (non-hydrogen) atoms. The van der Waals surface area contributed by atoms with Crippen molar-refractivity contribution in [2.24, 2.45) is 0 Å². The van der Waals surface area contributed by atoms with Gasteiger partial charge in [-0.05, 0) is 48.7 Å². The van der Waals surface area contributed by atoms with Crippen molar-refractivity contribution >= 4 is 28.4 Å². The Kier molecular flexibility index (Phi) is 7.00. The van der Waals surface area contributed by atoms with Crippen molar-refractivity contribution in [2.75, 3.05) is 20.2 Å². The molecule has 0 amide bonds. The molecule has 2 aromatic rings. The van der Waals surface area contributed by atoms with Gasteiger partial charge in [0.25, 0.3) is 0 Å². The lowest BCUT2D eigenvalue weighted by atomic mass is 9.95. The quantitative estimate of drug-likeness (QED) is 0.739. The van der Waals surface area contributed by atoms with Gasteiger partial charge in [0.1, 0.15) is 0 Å². The minimum Gasteiger partial charge on any atom is -0.465 e. The van der Waals surface area contributed by atoms with E-state index in [2.05, 4.69) is 16.1 Å². The first-order valence-corrected chi connectivity index (χ1v) is 9.90. The maximum Gasteiger partial charge on any atom is 0.338 e. The third kappa shape index (κ3) is 4.68. The average molecular weight is 411 g/mol. The van der Waals surface area contributed by atoms with Gasteiger partial charge in [-0.3, -0.25) is 0 Å². The molecule has 1 heterocycles. The molecule has 0 saturated heterocycles. The molecule has 2 N–H and O–H groups in total. The standard InChI is InChI=1S/C19H22N2O4S.ClH/c1-13-7-8-15(11-17(13)19(22)25-2)26(23,24)21-12-18-16-6-4-3-5-14(16)9-10-20-18;/h3-8,11,18,20-21H,9-10,12H2,1-2H3;1H. The van der Waals surface area contributed by atoms with Crippen molar-refractivity contribution in [1.82, 2.24) is 10.0 Å². The molecule has 0 bridgehead atoms. The normalized spacial score (nSPS) is 16.1. The number of fused-ring (bicyclic) bond motifs is 1. The number of hydrogen-bond donors (Lipinski definition) is 2. The lowest BCUT2D eigenvalue weighted by molar-refractivity contribution is 0.0599. The van der Waals surface area contributed by atoms with Gasteiger partial charge >= 0.3 is 5.97 Å². The third-order valence-electron chi connectivity index (χ3n) is 4.62. The number of carbonyl (C=O) groups excluding carboxylic acids is 1. The molecule has 0 saturated carbocycles. The number of aryl methyl sites for hydroxylation is 1. The van der Waals surface area contributed by atoms with Crippen molar-refractivity contribution in [3.8, 4) is 0 Å². The highest BCUT2D eigenvalue weighted by molar-refractivity contribution is 7.89. The molecule has 0 aliphatic carbocycles. The lowest BCUT2D eigenvalue weighted by Crippen LogP contribution is -2.38. The number of ether oxygens (including phenoxy) is 1. The Morgan fingerprint density at radius 1 is 1.26 bits per heavy atom. The van der Waals surface area contributed by atoms with E-state index >= 15 is 0 Å². The van der Waals surface area contributed by atoms with Crippen LogP contribution in [0.3, 0.4) is 0 Å². The number of esters is 1. The Labute approximate surface area is 165 Å². The number of benzene rings is 2. The molecule has 146 valence electrons. The Morgan fingerprint density at radius 3 is 2.74 bits per heavy atom. The first kappa shape index (κ1) is 21.4. The molecule has 0 aromatic heterocycles. The summed E-state index contributed by atoms with van der Waals surface area (Å²) < 4.78 is 32.7. The number of nitrogens with one attached hydrogen (secondary N) is 2. The van der Waals surface area contributed by atoms with Crippen LogP contribution in [0.1, 0.15) is 33.1 Å². The van der Waals surface area contributed by atoms with Crippen molar-refractivity contribution in [1.29, 1.82) is 0 Å². The summed E-state index contributed by atoms with van der Waals surface area (Å²) in [5.74, 6) is -0.553. The summed E-state index contributed by atoms with van der Waals surface area (Å²) in [4.78, 5) is 11.9. The summed E-state index contributed by atoms with van der Waals surface area (Å²) in [6, 6.07) is 12.4. The number of carbonyl (C=O) groups is 1. The highest BCUT2D eigenvalue weighted by Gasteiger charge is 2.23. The smallest absolute Gasteiger partial charge is 0.338 e. The molecule has 6 nitrogen and oxygen atoms in total. The minimum absolute atomic E-state index is 0. The molecule has 1 aliphatic heterocycles. The van der Waals surface area contributed by atoms with Gasteiger partial charge in [0.05, 0.1) is 17.6 Å². The molecular formula is C19H23ClN2O4S. The monoisotopic (exact) mass is 410 g/mol. The number of sulfonamides is 1. The van der Waals surface area contributed by atoms with Crippen LogP contribution in [0, 0.1) is 6.92 Å². The molecule has 1 aliphatic rings. The topological polar surface area (TPSA) is 84.5 Å². The van der Waals surface area contributed by atoms with E-state index in [-0.39, 0.29) is 35.5 Å². The van der Waals surface area contributed by atoms with E-state index in [0.29, 0.717) is 5.56 Å². The van der Waals surface area contributed by atoms with Crippen LogP contribution in [0.2, 0.25) is 0 Å².